The fourth-order valence-electron chi connectivity index (χ4n) is 0.513. The van der Waals surface area contributed by atoms with Gasteiger partial charge in [0.15, 0.2) is 0 Å². The minimum absolute atomic E-state index is 0.340. The van der Waals surface area contributed by atoms with Crippen LogP contribution in [-0.2, 0) is 0 Å². The van der Waals surface area contributed by atoms with Gasteiger partial charge in [-0.25, -0.2) is 0 Å². The number of rotatable bonds is 1. The van der Waals surface area contributed by atoms with Crippen LogP contribution in [0.3, 0.4) is 0 Å². The van der Waals surface area contributed by atoms with E-state index in [9.17, 15) is 0 Å². The fraction of sp³-hybridized carbons (Fsp3) is 0. The lowest BCUT2D eigenvalue weighted by Crippen LogP contribution is -1.87. The van der Waals surface area contributed by atoms with Crippen LogP contribution in [0.4, 0.5) is 0 Å². The molecule has 0 bridgehead atoms. The molecule has 0 heterocycles. The average molecular weight is 179 g/mol. The summed E-state index contributed by atoms with van der Waals surface area (Å²) >= 11 is 11.2. The van der Waals surface area contributed by atoms with Crippen LogP contribution >= 0.6 is 30.8 Å². The zero-order valence-corrected chi connectivity index (χ0v) is 7.08. The first-order valence-electron chi connectivity index (χ1n) is 2.45. The van der Waals surface area contributed by atoms with E-state index in [2.05, 4.69) is 0 Å². The van der Waals surface area contributed by atoms with Crippen LogP contribution in [0.25, 0.3) is 0 Å². The number of hydrogen-bond donors (Lipinski definition) is 0. The maximum Gasteiger partial charge on any atom is 0.0406 e. The molecule has 0 spiro atoms. The maximum atomic E-state index is 5.63. The highest BCUT2D eigenvalue weighted by atomic mass is 35.7. The van der Waals surface area contributed by atoms with E-state index in [1.807, 2.05) is 24.3 Å². The predicted molar refractivity (Wildman–Crippen MR) is 45.3 cm³/mol. The molecule has 1 rings (SSSR count). The van der Waals surface area contributed by atoms with Gasteiger partial charge >= 0.3 is 0 Å². The predicted octanol–water partition coefficient (Wildman–Crippen LogP) is 2.80. The molecule has 1 aromatic rings. The van der Waals surface area contributed by atoms with Gasteiger partial charge in [-0.1, -0.05) is 35.0 Å². The highest BCUT2D eigenvalue weighted by Gasteiger charge is 1.87. The van der Waals surface area contributed by atoms with Crippen molar-refractivity contribution in [1.29, 1.82) is 0 Å². The Morgan fingerprint density at radius 2 is 1.67 bits per heavy atom. The van der Waals surface area contributed by atoms with Crippen LogP contribution in [0.5, 0.6) is 0 Å². The third-order valence-electron chi connectivity index (χ3n) is 0.953. The van der Waals surface area contributed by atoms with Gasteiger partial charge in [0.05, 0.1) is 0 Å². The monoisotopic (exact) mass is 178 g/mol. The van der Waals surface area contributed by atoms with E-state index in [0.29, 0.717) is 7.93 Å². The molecule has 1 aromatic carbocycles. The molecule has 0 aromatic heterocycles. The topological polar surface area (TPSA) is 0 Å². The van der Waals surface area contributed by atoms with Gasteiger partial charge in [-0.05, 0) is 17.4 Å². The quantitative estimate of drug-likeness (QED) is 0.581. The van der Waals surface area contributed by atoms with Crippen molar-refractivity contribution in [2.75, 3.05) is 0 Å². The first-order valence-corrected chi connectivity index (χ1v) is 4.84. The van der Waals surface area contributed by atoms with Crippen molar-refractivity contribution >= 4 is 36.1 Å². The fourth-order valence-corrected chi connectivity index (χ4v) is 1.31. The van der Waals surface area contributed by atoms with Crippen molar-refractivity contribution in [2.45, 2.75) is 0 Å². The lowest BCUT2D eigenvalue weighted by Gasteiger charge is -1.91. The van der Waals surface area contributed by atoms with Crippen molar-refractivity contribution in [1.82, 2.24) is 0 Å². The molecule has 48 valence electrons. The standard InChI is InChI=1S/C6H5Cl2P/c7-5-1-3-6(9-8)4-2-5/h1-4,9H. The summed E-state index contributed by atoms with van der Waals surface area (Å²) in [5, 5.41) is 1.88. The van der Waals surface area contributed by atoms with Crippen LogP contribution in [0, 0.1) is 0 Å². The number of halogens is 2. The molecule has 0 saturated heterocycles. The zero-order chi connectivity index (χ0) is 6.69. The summed E-state index contributed by atoms with van der Waals surface area (Å²) in [6, 6.07) is 7.53. The van der Waals surface area contributed by atoms with Gasteiger partial charge in [0.25, 0.3) is 0 Å². The molecule has 0 saturated carbocycles. The van der Waals surface area contributed by atoms with E-state index in [1.54, 1.807) is 0 Å². The van der Waals surface area contributed by atoms with Gasteiger partial charge < -0.3 is 0 Å². The Hall–Kier alpha value is 0.230. The molecule has 9 heavy (non-hydrogen) atoms. The van der Waals surface area contributed by atoms with Crippen molar-refractivity contribution in [3.8, 4) is 0 Å². The van der Waals surface area contributed by atoms with Crippen LogP contribution in [-0.4, -0.2) is 0 Å². The summed E-state index contributed by atoms with van der Waals surface area (Å²) in [5.41, 5.74) is 0. The molecule has 0 fully saturated rings. The van der Waals surface area contributed by atoms with Crippen LogP contribution in [0.15, 0.2) is 24.3 Å². The van der Waals surface area contributed by atoms with Crippen molar-refractivity contribution in [3.05, 3.63) is 29.3 Å². The highest BCUT2D eigenvalue weighted by Crippen LogP contribution is 2.16. The van der Waals surface area contributed by atoms with Crippen molar-refractivity contribution in [2.24, 2.45) is 0 Å². The Morgan fingerprint density at radius 1 is 1.11 bits per heavy atom. The summed E-state index contributed by atoms with van der Waals surface area (Å²) in [6.07, 6.45) is 0. The Balaban J connectivity index is 2.88. The largest absolute Gasteiger partial charge is 0.0948 e. The second kappa shape index (κ2) is 3.41. The number of benzene rings is 1. The summed E-state index contributed by atoms with van der Waals surface area (Å²) < 4.78 is 0. The summed E-state index contributed by atoms with van der Waals surface area (Å²) in [5.74, 6) is 0. The highest BCUT2D eigenvalue weighted by molar-refractivity contribution is 7.74. The third-order valence-corrected chi connectivity index (χ3v) is 2.41. The molecule has 0 aliphatic carbocycles. The first-order chi connectivity index (χ1) is 4.33. The van der Waals surface area contributed by atoms with E-state index in [-0.39, 0.29) is 0 Å². The van der Waals surface area contributed by atoms with Gasteiger partial charge in [-0.2, -0.15) is 0 Å². The molecule has 3 heteroatoms. The molecule has 0 N–H and O–H groups in total. The molecule has 1 unspecified atom stereocenters. The Bertz CT molecular complexity index is 183. The van der Waals surface area contributed by atoms with Crippen molar-refractivity contribution in [3.63, 3.8) is 0 Å². The maximum absolute atomic E-state index is 5.63. The van der Waals surface area contributed by atoms with Gasteiger partial charge in [0.2, 0.25) is 0 Å². The van der Waals surface area contributed by atoms with Gasteiger partial charge in [-0.3, -0.25) is 0 Å². The molecule has 0 radical (unpaired) electrons. The van der Waals surface area contributed by atoms with Crippen LogP contribution in [0.1, 0.15) is 0 Å². The normalized spacial score (nSPS) is 10.9. The zero-order valence-electron chi connectivity index (χ0n) is 4.57. The average Bonchev–Trinajstić information content (AvgIpc) is 1.90. The van der Waals surface area contributed by atoms with E-state index in [1.165, 1.54) is 0 Å². The van der Waals surface area contributed by atoms with Gasteiger partial charge in [0, 0.05) is 13.0 Å². The third kappa shape index (κ3) is 2.14. The Morgan fingerprint density at radius 3 is 2.11 bits per heavy atom. The SMILES string of the molecule is ClPc1ccc(Cl)cc1. The van der Waals surface area contributed by atoms with Crippen LogP contribution in [0.2, 0.25) is 5.02 Å². The van der Waals surface area contributed by atoms with Gasteiger partial charge in [0.1, 0.15) is 0 Å². The first kappa shape index (κ1) is 7.34. The molecule has 0 nitrogen and oxygen atoms in total. The Kier molecular flexibility index (Phi) is 2.78. The molecule has 0 amide bonds. The lowest BCUT2D eigenvalue weighted by atomic mass is 10.4. The smallest absolute Gasteiger partial charge is 0.0406 e. The van der Waals surface area contributed by atoms with Gasteiger partial charge in [-0.15, -0.1) is 0 Å². The lowest BCUT2D eigenvalue weighted by molar-refractivity contribution is 1.77. The van der Waals surface area contributed by atoms with Crippen molar-refractivity contribution < 1.29 is 0 Å². The molecule has 0 aliphatic heterocycles. The van der Waals surface area contributed by atoms with E-state index >= 15 is 0 Å². The molecule has 1 atom stereocenters. The molecular formula is C6H5Cl2P. The minimum atomic E-state index is 0.340. The second-order valence-corrected chi connectivity index (χ2v) is 3.37. The Labute approximate surface area is 65.7 Å². The van der Waals surface area contributed by atoms with E-state index < -0.39 is 0 Å². The van der Waals surface area contributed by atoms with Crippen LogP contribution < -0.4 is 5.30 Å². The summed E-state index contributed by atoms with van der Waals surface area (Å²) in [4.78, 5) is 0. The van der Waals surface area contributed by atoms with E-state index in [4.69, 9.17) is 22.8 Å². The minimum Gasteiger partial charge on any atom is -0.0948 e. The summed E-state index contributed by atoms with van der Waals surface area (Å²) in [7, 11) is 0.340. The molecular weight excluding hydrogens is 174 g/mol. The summed E-state index contributed by atoms with van der Waals surface area (Å²) in [6.45, 7) is 0. The second-order valence-electron chi connectivity index (χ2n) is 1.60. The molecule has 0 aliphatic rings. The van der Waals surface area contributed by atoms with E-state index in [0.717, 1.165) is 10.3 Å². The number of hydrogen-bond acceptors (Lipinski definition) is 0.